The number of aliphatic hydroxyl groups is 1. The van der Waals surface area contributed by atoms with Crippen molar-refractivity contribution in [1.82, 2.24) is 19.5 Å². The van der Waals surface area contributed by atoms with Crippen LogP contribution in [0.15, 0.2) is 9.95 Å². The molecule has 2 saturated heterocycles. The van der Waals surface area contributed by atoms with Gasteiger partial charge < -0.3 is 0 Å². The van der Waals surface area contributed by atoms with Crippen LogP contribution in [-0.4, -0.2) is 65.1 Å². The van der Waals surface area contributed by atoms with Crippen molar-refractivity contribution in [2.45, 2.75) is 36.6 Å². The van der Waals surface area contributed by atoms with E-state index < -0.39 is 38.3 Å². The summed E-state index contributed by atoms with van der Waals surface area (Å²) in [6, 6.07) is 0. The van der Waals surface area contributed by atoms with Gasteiger partial charge in [-0.05, 0) is 0 Å². The van der Waals surface area contributed by atoms with Crippen LogP contribution in [0.25, 0.3) is 11.2 Å². The SMILES string of the molecule is CCSc1nc2c(=O)[nH]c(N)nc2n1[C@@H]1OC2CO[PH](O)(O)O[C@H]2C1O. The number of ether oxygens (including phenoxy) is 1. The molecule has 0 saturated carbocycles. The minimum absolute atomic E-state index is 0.0611. The van der Waals surface area contributed by atoms with Crippen molar-refractivity contribution in [3.05, 3.63) is 10.4 Å². The molecule has 2 aromatic rings. The number of H-pyrrole nitrogens is 1. The van der Waals surface area contributed by atoms with Crippen molar-refractivity contribution >= 4 is 37.0 Å². The fraction of sp³-hybridized carbons (Fsp3) is 0.583. The van der Waals surface area contributed by atoms with E-state index >= 15 is 0 Å². The maximum atomic E-state index is 12.1. The summed E-state index contributed by atoms with van der Waals surface area (Å²) in [5.74, 6) is 0.549. The van der Waals surface area contributed by atoms with Crippen LogP contribution in [0.5, 0.6) is 0 Å². The van der Waals surface area contributed by atoms with Crippen LogP contribution >= 0.6 is 19.9 Å². The monoisotopic (exact) mass is 407 g/mol. The van der Waals surface area contributed by atoms with E-state index in [2.05, 4.69) is 15.0 Å². The number of aromatic nitrogens is 4. The Morgan fingerprint density at radius 1 is 1.46 bits per heavy atom. The molecule has 6 N–H and O–H groups in total. The van der Waals surface area contributed by atoms with Gasteiger partial charge in [0, 0.05) is 0 Å². The van der Waals surface area contributed by atoms with E-state index in [4.69, 9.17) is 19.5 Å². The summed E-state index contributed by atoms with van der Waals surface area (Å²) in [5, 5.41) is 11.1. The molecule has 2 aliphatic heterocycles. The number of hydrogen-bond donors (Lipinski definition) is 5. The summed E-state index contributed by atoms with van der Waals surface area (Å²) in [6.45, 7) is 1.76. The van der Waals surface area contributed by atoms with Gasteiger partial charge in [-0.25, -0.2) is 0 Å². The number of anilines is 1. The van der Waals surface area contributed by atoms with E-state index in [1.165, 1.54) is 16.3 Å². The molecule has 0 amide bonds. The number of aliphatic hydroxyl groups excluding tert-OH is 1. The molecule has 26 heavy (non-hydrogen) atoms. The first-order chi connectivity index (χ1) is 12.3. The quantitative estimate of drug-likeness (QED) is 0.307. The molecule has 0 aliphatic carbocycles. The molecule has 0 bridgehead atoms. The van der Waals surface area contributed by atoms with Gasteiger partial charge >= 0.3 is 150 Å². The Hall–Kier alpha value is -1.31. The number of thioether (sulfide) groups is 1. The Balaban J connectivity index is 1.81. The van der Waals surface area contributed by atoms with Gasteiger partial charge in [0.15, 0.2) is 0 Å². The summed E-state index contributed by atoms with van der Waals surface area (Å²) in [6.07, 6.45) is -3.98. The molecule has 2 aromatic heterocycles. The zero-order chi connectivity index (χ0) is 18.6. The number of aromatic amines is 1. The van der Waals surface area contributed by atoms with Gasteiger partial charge in [0.1, 0.15) is 0 Å². The van der Waals surface area contributed by atoms with E-state index in [0.717, 1.165) is 0 Å². The molecule has 12 nitrogen and oxygen atoms in total. The molecule has 0 radical (unpaired) electrons. The fourth-order valence-corrected chi connectivity index (χ4v) is 4.89. The topological polar surface area (TPSA) is 178 Å². The van der Waals surface area contributed by atoms with Gasteiger partial charge in [-0.1, -0.05) is 0 Å². The molecule has 4 atom stereocenters. The number of hydrogen-bond acceptors (Lipinski definition) is 11. The van der Waals surface area contributed by atoms with Gasteiger partial charge in [0.2, 0.25) is 0 Å². The predicted molar refractivity (Wildman–Crippen MR) is 92.5 cm³/mol. The molecule has 2 unspecified atom stereocenters. The Kier molecular flexibility index (Phi) is 4.44. The number of rotatable bonds is 3. The second kappa shape index (κ2) is 6.39. The molecule has 4 heterocycles. The van der Waals surface area contributed by atoms with Crippen molar-refractivity contribution in [3.63, 3.8) is 0 Å². The Labute approximate surface area is 151 Å². The second-order valence-electron chi connectivity index (χ2n) is 5.82. The maximum absolute atomic E-state index is 12.1. The normalized spacial score (nSPS) is 31.8. The summed E-state index contributed by atoms with van der Waals surface area (Å²) >= 11 is 1.33. The van der Waals surface area contributed by atoms with Crippen LogP contribution < -0.4 is 11.3 Å². The first-order valence-electron chi connectivity index (χ1n) is 7.81. The van der Waals surface area contributed by atoms with Gasteiger partial charge in [0.05, 0.1) is 0 Å². The Morgan fingerprint density at radius 2 is 2.23 bits per heavy atom. The summed E-state index contributed by atoms with van der Waals surface area (Å²) in [5.41, 5.74) is 5.35. The number of nitrogens with one attached hydrogen (secondary N) is 1. The van der Waals surface area contributed by atoms with Crippen LogP contribution in [-0.2, 0) is 13.8 Å². The number of nitrogen functional groups attached to an aromatic ring is 1. The average molecular weight is 407 g/mol. The molecular formula is C12H18N5O7PS. The van der Waals surface area contributed by atoms with Crippen LogP contribution in [0.1, 0.15) is 13.2 Å². The van der Waals surface area contributed by atoms with Crippen molar-refractivity contribution < 1.29 is 28.7 Å². The van der Waals surface area contributed by atoms with E-state index in [9.17, 15) is 19.7 Å². The number of nitrogens with two attached hydrogens (primary N) is 1. The zero-order valence-electron chi connectivity index (χ0n) is 13.5. The van der Waals surface area contributed by atoms with Crippen LogP contribution in [0.2, 0.25) is 0 Å². The third-order valence-electron chi connectivity index (χ3n) is 4.10. The molecule has 144 valence electrons. The van der Waals surface area contributed by atoms with Gasteiger partial charge in [-0.2, -0.15) is 0 Å². The van der Waals surface area contributed by atoms with E-state index in [0.29, 0.717) is 10.9 Å². The molecule has 0 aromatic carbocycles. The van der Waals surface area contributed by atoms with Crippen LogP contribution in [0, 0.1) is 0 Å². The van der Waals surface area contributed by atoms with Crippen LogP contribution in [0.3, 0.4) is 0 Å². The van der Waals surface area contributed by atoms with Crippen molar-refractivity contribution in [2.24, 2.45) is 0 Å². The molecule has 2 aliphatic rings. The van der Waals surface area contributed by atoms with E-state index in [-0.39, 0.29) is 23.7 Å². The van der Waals surface area contributed by atoms with Crippen molar-refractivity contribution in [2.75, 3.05) is 18.1 Å². The summed E-state index contributed by atoms with van der Waals surface area (Å²) in [4.78, 5) is 42.2. The number of imidazole rings is 1. The summed E-state index contributed by atoms with van der Waals surface area (Å²) < 4.78 is 17.2. The van der Waals surface area contributed by atoms with E-state index in [1.54, 1.807) is 0 Å². The van der Waals surface area contributed by atoms with Gasteiger partial charge in [0.25, 0.3) is 0 Å². The minimum atomic E-state index is -4.29. The average Bonchev–Trinajstić information content (AvgIpc) is 3.05. The molecule has 0 spiro atoms. The zero-order valence-corrected chi connectivity index (χ0v) is 15.3. The predicted octanol–water partition coefficient (Wildman–Crippen LogP) is -1.12. The third-order valence-corrected chi connectivity index (χ3v) is 6.06. The molecule has 4 rings (SSSR count). The third kappa shape index (κ3) is 2.90. The standard InChI is InChI=1S/C12H18N5O7PS/c1-2-26-12-14-5-8(15-11(13)16-9(5)19)17(12)10-6(18)7-4(23-10)3-22-25(20,21)24-7/h4,6-7,10,18,20-21,25H,2-3H2,1H3,(H3,13,15,16,19)/t4?,6?,7-,10-/m1/s1. The second-order valence-corrected chi connectivity index (χ2v) is 8.67. The van der Waals surface area contributed by atoms with Crippen LogP contribution in [0.4, 0.5) is 5.95 Å². The Bertz CT molecular complexity index is 904. The molecule has 14 heteroatoms. The van der Waals surface area contributed by atoms with Crippen molar-refractivity contribution in [3.8, 4) is 0 Å². The molecule has 2 fully saturated rings. The first-order valence-corrected chi connectivity index (χ1v) is 10.5. The number of fused-ring (bicyclic) bond motifs is 2. The Morgan fingerprint density at radius 3 is 2.96 bits per heavy atom. The first kappa shape index (κ1) is 18.1. The number of nitrogens with zero attached hydrogens (tertiary/aromatic N) is 3. The van der Waals surface area contributed by atoms with Gasteiger partial charge in [-0.15, -0.1) is 0 Å². The van der Waals surface area contributed by atoms with Gasteiger partial charge in [-0.3, -0.25) is 0 Å². The fourth-order valence-electron chi connectivity index (χ4n) is 3.06. The van der Waals surface area contributed by atoms with E-state index in [1.807, 2.05) is 6.92 Å². The molecular weight excluding hydrogens is 389 g/mol. The summed E-state index contributed by atoms with van der Waals surface area (Å²) in [7, 11) is -4.29. The van der Waals surface area contributed by atoms with Crippen molar-refractivity contribution in [1.29, 1.82) is 0 Å².